The summed E-state index contributed by atoms with van der Waals surface area (Å²) in [6.45, 7) is 0.665. The lowest BCUT2D eigenvalue weighted by molar-refractivity contribution is 0.112. The zero-order chi connectivity index (χ0) is 16.9. The van der Waals surface area contributed by atoms with Crippen molar-refractivity contribution in [2.75, 3.05) is 39.0 Å². The highest BCUT2D eigenvalue weighted by molar-refractivity contribution is 5.46. The lowest BCUT2D eigenvalue weighted by Crippen LogP contribution is -2.34. The molecule has 0 spiro atoms. The molecule has 8 nitrogen and oxygen atoms in total. The molecule has 0 fully saturated rings. The molecule has 0 radical (unpaired) electrons. The van der Waals surface area contributed by atoms with Crippen LogP contribution in [0.3, 0.4) is 0 Å². The topological polar surface area (TPSA) is 86.2 Å². The van der Waals surface area contributed by atoms with Crippen LogP contribution in [0.25, 0.3) is 0 Å². The SMILES string of the molecule is COc1ccnc(N(C)C[C@H](O)COc2ccc3c(c2)OCO3)n1. The number of likely N-dealkylation sites (N-methyl/N-ethyl adjacent to an activating group) is 1. The maximum absolute atomic E-state index is 10.2. The minimum Gasteiger partial charge on any atom is -0.491 e. The van der Waals surface area contributed by atoms with Crippen molar-refractivity contribution in [2.24, 2.45) is 0 Å². The van der Waals surface area contributed by atoms with E-state index in [4.69, 9.17) is 18.9 Å². The number of methoxy groups -OCH3 is 1. The third-order valence-electron chi connectivity index (χ3n) is 3.44. The monoisotopic (exact) mass is 333 g/mol. The van der Waals surface area contributed by atoms with Gasteiger partial charge in [-0.15, -0.1) is 0 Å². The number of aromatic nitrogens is 2. The van der Waals surface area contributed by atoms with Gasteiger partial charge in [-0.1, -0.05) is 0 Å². The van der Waals surface area contributed by atoms with E-state index in [1.807, 2.05) is 0 Å². The Morgan fingerprint density at radius 2 is 2.12 bits per heavy atom. The van der Waals surface area contributed by atoms with Crippen LogP contribution in [-0.2, 0) is 0 Å². The predicted octanol–water partition coefficient (Wildman–Crippen LogP) is 1.09. The van der Waals surface area contributed by atoms with Gasteiger partial charge < -0.3 is 29.0 Å². The number of rotatable bonds is 7. The molecule has 0 aliphatic carbocycles. The Kier molecular flexibility index (Phi) is 4.85. The highest BCUT2D eigenvalue weighted by Gasteiger charge is 2.16. The maximum Gasteiger partial charge on any atom is 0.231 e. The van der Waals surface area contributed by atoms with Gasteiger partial charge in [0.15, 0.2) is 11.5 Å². The molecule has 1 aromatic carbocycles. The van der Waals surface area contributed by atoms with Gasteiger partial charge in [-0.25, -0.2) is 4.98 Å². The smallest absolute Gasteiger partial charge is 0.231 e. The third-order valence-corrected chi connectivity index (χ3v) is 3.44. The molecule has 3 rings (SSSR count). The van der Waals surface area contributed by atoms with Crippen LogP contribution in [0.1, 0.15) is 0 Å². The van der Waals surface area contributed by atoms with Gasteiger partial charge in [0, 0.05) is 31.9 Å². The van der Waals surface area contributed by atoms with Gasteiger partial charge in [0.2, 0.25) is 18.6 Å². The van der Waals surface area contributed by atoms with Crippen molar-refractivity contribution in [3.8, 4) is 23.1 Å². The second kappa shape index (κ2) is 7.22. The molecule has 1 aliphatic heterocycles. The largest absolute Gasteiger partial charge is 0.491 e. The van der Waals surface area contributed by atoms with Crippen LogP contribution < -0.4 is 23.8 Å². The Hall–Kier alpha value is -2.74. The van der Waals surface area contributed by atoms with Crippen molar-refractivity contribution < 1.29 is 24.1 Å². The normalized spacial score (nSPS) is 13.5. The first-order valence-corrected chi connectivity index (χ1v) is 7.44. The van der Waals surface area contributed by atoms with E-state index in [-0.39, 0.29) is 13.4 Å². The van der Waals surface area contributed by atoms with E-state index in [1.54, 1.807) is 49.5 Å². The minimum absolute atomic E-state index is 0.133. The second-order valence-corrected chi connectivity index (χ2v) is 5.26. The average Bonchev–Trinajstić information content (AvgIpc) is 3.07. The van der Waals surface area contributed by atoms with Crippen molar-refractivity contribution >= 4 is 5.95 Å². The van der Waals surface area contributed by atoms with Gasteiger partial charge in [0.1, 0.15) is 18.5 Å². The summed E-state index contributed by atoms with van der Waals surface area (Å²) in [7, 11) is 3.33. The summed E-state index contributed by atoms with van der Waals surface area (Å²) in [5.41, 5.74) is 0. The zero-order valence-electron chi connectivity index (χ0n) is 13.5. The lowest BCUT2D eigenvalue weighted by atomic mass is 10.3. The first-order chi connectivity index (χ1) is 11.7. The molecule has 0 saturated carbocycles. The Bertz CT molecular complexity index is 697. The predicted molar refractivity (Wildman–Crippen MR) is 85.9 cm³/mol. The first kappa shape index (κ1) is 16.1. The van der Waals surface area contributed by atoms with Crippen LogP contribution in [0.2, 0.25) is 0 Å². The molecule has 1 aliphatic rings. The number of benzene rings is 1. The van der Waals surface area contributed by atoms with E-state index in [0.29, 0.717) is 35.6 Å². The molecule has 1 atom stereocenters. The number of hydrogen-bond donors (Lipinski definition) is 1. The van der Waals surface area contributed by atoms with Gasteiger partial charge in [-0.2, -0.15) is 4.98 Å². The Morgan fingerprint density at radius 1 is 1.29 bits per heavy atom. The number of fused-ring (bicyclic) bond motifs is 1. The van der Waals surface area contributed by atoms with E-state index in [9.17, 15) is 5.11 Å². The quantitative estimate of drug-likeness (QED) is 0.806. The molecular weight excluding hydrogens is 314 g/mol. The fraction of sp³-hybridized carbons (Fsp3) is 0.375. The van der Waals surface area contributed by atoms with Crippen molar-refractivity contribution in [1.29, 1.82) is 0 Å². The fourth-order valence-electron chi connectivity index (χ4n) is 2.24. The van der Waals surface area contributed by atoms with E-state index in [1.165, 1.54) is 0 Å². The number of aliphatic hydroxyl groups excluding tert-OH is 1. The highest BCUT2D eigenvalue weighted by Crippen LogP contribution is 2.35. The molecule has 1 aromatic heterocycles. The molecule has 0 bridgehead atoms. The van der Waals surface area contributed by atoms with Gasteiger partial charge in [-0.05, 0) is 12.1 Å². The van der Waals surface area contributed by atoms with Crippen LogP contribution in [0.5, 0.6) is 23.1 Å². The lowest BCUT2D eigenvalue weighted by Gasteiger charge is -2.21. The molecule has 8 heteroatoms. The molecular formula is C16H19N3O5. The standard InChI is InChI=1S/C16H19N3O5/c1-19(16-17-6-5-15(18-16)21-2)8-11(20)9-22-12-3-4-13-14(7-12)24-10-23-13/h3-7,11,20H,8-10H2,1-2H3/t11-/m0/s1. The van der Waals surface area contributed by atoms with E-state index in [0.717, 1.165) is 0 Å². The number of hydrogen-bond acceptors (Lipinski definition) is 8. The van der Waals surface area contributed by atoms with Crippen molar-refractivity contribution in [2.45, 2.75) is 6.10 Å². The van der Waals surface area contributed by atoms with Crippen molar-refractivity contribution in [3.05, 3.63) is 30.5 Å². The summed E-state index contributed by atoms with van der Waals surface area (Å²) in [6, 6.07) is 6.95. The van der Waals surface area contributed by atoms with Crippen LogP contribution in [-0.4, -0.2) is 55.3 Å². The number of nitrogens with zero attached hydrogens (tertiary/aromatic N) is 3. The van der Waals surface area contributed by atoms with Crippen LogP contribution in [0.15, 0.2) is 30.5 Å². The van der Waals surface area contributed by atoms with E-state index in [2.05, 4.69) is 9.97 Å². The van der Waals surface area contributed by atoms with Gasteiger partial charge in [0.25, 0.3) is 0 Å². The maximum atomic E-state index is 10.2. The molecule has 0 amide bonds. The molecule has 0 unspecified atom stereocenters. The van der Waals surface area contributed by atoms with Crippen molar-refractivity contribution in [1.82, 2.24) is 9.97 Å². The highest BCUT2D eigenvalue weighted by atomic mass is 16.7. The van der Waals surface area contributed by atoms with Crippen LogP contribution >= 0.6 is 0 Å². The van der Waals surface area contributed by atoms with Gasteiger partial charge >= 0.3 is 0 Å². The molecule has 2 aromatic rings. The van der Waals surface area contributed by atoms with E-state index >= 15 is 0 Å². The van der Waals surface area contributed by atoms with Crippen LogP contribution in [0.4, 0.5) is 5.95 Å². The Labute approximate surface area is 139 Å². The molecule has 2 heterocycles. The fourth-order valence-corrected chi connectivity index (χ4v) is 2.24. The zero-order valence-corrected chi connectivity index (χ0v) is 13.5. The minimum atomic E-state index is -0.713. The van der Waals surface area contributed by atoms with Gasteiger partial charge in [0.05, 0.1) is 7.11 Å². The summed E-state index contributed by atoms with van der Waals surface area (Å²) in [6.07, 6.45) is 0.892. The summed E-state index contributed by atoms with van der Waals surface area (Å²) in [5, 5.41) is 10.2. The summed E-state index contributed by atoms with van der Waals surface area (Å²) in [5.74, 6) is 2.88. The number of aliphatic hydroxyl groups is 1. The van der Waals surface area contributed by atoms with Crippen molar-refractivity contribution in [3.63, 3.8) is 0 Å². The summed E-state index contributed by atoms with van der Waals surface area (Å²) < 4.78 is 21.2. The molecule has 0 saturated heterocycles. The molecule has 1 N–H and O–H groups in total. The molecule has 24 heavy (non-hydrogen) atoms. The Balaban J connectivity index is 1.52. The van der Waals surface area contributed by atoms with Gasteiger partial charge in [-0.3, -0.25) is 0 Å². The number of anilines is 1. The molecule has 128 valence electrons. The summed E-state index contributed by atoms with van der Waals surface area (Å²) >= 11 is 0. The second-order valence-electron chi connectivity index (χ2n) is 5.26. The first-order valence-electron chi connectivity index (χ1n) is 7.44. The van der Waals surface area contributed by atoms with Crippen LogP contribution in [0, 0.1) is 0 Å². The Morgan fingerprint density at radius 3 is 2.96 bits per heavy atom. The summed E-state index contributed by atoms with van der Waals surface area (Å²) in [4.78, 5) is 10.1. The third kappa shape index (κ3) is 3.77. The average molecular weight is 333 g/mol. The number of ether oxygens (including phenoxy) is 4. The van der Waals surface area contributed by atoms with E-state index < -0.39 is 6.10 Å².